The van der Waals surface area contributed by atoms with Crippen LogP contribution in [0.1, 0.15) is 53.9 Å². The van der Waals surface area contributed by atoms with Gasteiger partial charge in [-0.1, -0.05) is 6.92 Å². The molecule has 0 aliphatic carbocycles. The number of fused-ring (bicyclic) bond motifs is 1. The highest BCUT2D eigenvalue weighted by atomic mass is 32.2. The molecule has 2 N–H and O–H groups in total. The van der Waals surface area contributed by atoms with E-state index in [1.165, 1.54) is 0 Å². The molecule has 3 aliphatic rings. The van der Waals surface area contributed by atoms with Crippen LogP contribution < -0.4 is 5.32 Å². The van der Waals surface area contributed by atoms with Gasteiger partial charge >= 0.3 is 5.97 Å². The van der Waals surface area contributed by atoms with Gasteiger partial charge in [-0.15, -0.1) is 11.8 Å². The zero-order chi connectivity index (χ0) is 20.9. The van der Waals surface area contributed by atoms with Crippen LogP contribution in [-0.2, 0) is 19.1 Å². The molecule has 158 valence electrons. The van der Waals surface area contributed by atoms with Crippen LogP contribution in [-0.4, -0.2) is 68.6 Å². The second-order valence-electron chi connectivity index (χ2n) is 8.63. The Labute approximate surface area is 170 Å². The van der Waals surface area contributed by atoms with Gasteiger partial charge in [0.25, 0.3) is 0 Å². The van der Waals surface area contributed by atoms with Crippen LogP contribution in [0.3, 0.4) is 0 Å². The monoisotopic (exact) mass is 412 g/mol. The van der Waals surface area contributed by atoms with Gasteiger partial charge in [-0.3, -0.25) is 14.4 Å². The first-order valence-corrected chi connectivity index (χ1v) is 11.1. The molecule has 1 spiro atoms. The van der Waals surface area contributed by atoms with Crippen molar-refractivity contribution in [1.29, 1.82) is 0 Å². The highest BCUT2D eigenvalue weighted by Gasteiger charge is 2.77. The normalized spacial score (nSPS) is 37.3. The molecule has 8 heteroatoms. The summed E-state index contributed by atoms with van der Waals surface area (Å²) in [4.78, 5) is 41.3. The van der Waals surface area contributed by atoms with Crippen molar-refractivity contribution in [3.05, 3.63) is 0 Å². The molecule has 2 bridgehead atoms. The summed E-state index contributed by atoms with van der Waals surface area (Å²) >= 11 is 1.62. The van der Waals surface area contributed by atoms with Crippen LogP contribution >= 0.6 is 11.8 Å². The van der Waals surface area contributed by atoms with Gasteiger partial charge < -0.3 is 20.1 Å². The molecule has 6 atom stereocenters. The molecule has 2 unspecified atom stereocenters. The van der Waals surface area contributed by atoms with E-state index in [1.54, 1.807) is 23.6 Å². The fourth-order valence-corrected chi connectivity index (χ4v) is 7.76. The lowest BCUT2D eigenvalue weighted by Crippen LogP contribution is -2.57. The molecule has 3 saturated heterocycles. The number of carbonyl (C=O) groups is 3. The minimum absolute atomic E-state index is 0.0610. The summed E-state index contributed by atoms with van der Waals surface area (Å²) in [7, 11) is 0. The molecular formula is C20H32N2O5S. The standard InChI is InChI=1S/C20H32N2O5S/c1-6-12(10-23)22-15(16(24)21-11(3)4)20-9-8-19(5,28-20)14(13(20)17(22)25)18(26)27-7-2/h11-15,23H,6-10H2,1-5H3,(H,21,24)/t12-,13-,14+,15?,19-,20?/m0/s1. The maximum Gasteiger partial charge on any atom is 0.311 e. The average Bonchev–Trinajstić information content (AvgIpc) is 3.17. The number of ether oxygens (including phenoxy) is 1. The van der Waals surface area contributed by atoms with E-state index in [9.17, 15) is 19.5 Å². The number of thioether (sulfide) groups is 1. The quantitative estimate of drug-likeness (QED) is 0.613. The molecule has 3 aliphatic heterocycles. The lowest BCUT2D eigenvalue weighted by molar-refractivity contribution is -0.155. The fraction of sp³-hybridized carbons (Fsp3) is 0.850. The first-order valence-electron chi connectivity index (χ1n) is 10.3. The van der Waals surface area contributed by atoms with Gasteiger partial charge in [0, 0.05) is 10.8 Å². The molecule has 3 rings (SSSR count). The van der Waals surface area contributed by atoms with Crippen LogP contribution in [0.5, 0.6) is 0 Å². The number of esters is 1. The van der Waals surface area contributed by atoms with Crippen molar-refractivity contribution in [2.45, 2.75) is 81.5 Å². The van der Waals surface area contributed by atoms with E-state index < -0.39 is 33.4 Å². The Morgan fingerprint density at radius 1 is 1.36 bits per heavy atom. The molecular weight excluding hydrogens is 380 g/mol. The van der Waals surface area contributed by atoms with E-state index in [0.29, 0.717) is 12.8 Å². The first-order chi connectivity index (χ1) is 13.2. The van der Waals surface area contributed by atoms with Crippen molar-refractivity contribution in [2.24, 2.45) is 11.8 Å². The van der Waals surface area contributed by atoms with Gasteiger partial charge in [0.05, 0.1) is 35.8 Å². The van der Waals surface area contributed by atoms with E-state index >= 15 is 0 Å². The largest absolute Gasteiger partial charge is 0.466 e. The maximum absolute atomic E-state index is 13.6. The van der Waals surface area contributed by atoms with Crippen molar-refractivity contribution in [3.63, 3.8) is 0 Å². The Balaban J connectivity index is 2.09. The van der Waals surface area contributed by atoms with Crippen molar-refractivity contribution in [2.75, 3.05) is 13.2 Å². The molecule has 0 radical (unpaired) electrons. The molecule has 2 amide bonds. The number of amides is 2. The SMILES string of the molecule is CCOC(=O)[C@H]1[C@H]2C(=O)N([C@@H](CC)CO)C(C(=O)NC(C)C)C23CC[C@]1(C)S3. The molecule has 0 aromatic rings. The Kier molecular flexibility index (Phi) is 5.75. The smallest absolute Gasteiger partial charge is 0.311 e. The summed E-state index contributed by atoms with van der Waals surface area (Å²) < 4.78 is 4.28. The molecule has 7 nitrogen and oxygen atoms in total. The molecule has 0 aromatic carbocycles. The Bertz CT molecular complexity index is 667. The van der Waals surface area contributed by atoms with E-state index in [4.69, 9.17) is 4.74 Å². The number of aliphatic hydroxyl groups is 1. The number of hydrogen-bond donors (Lipinski definition) is 2. The molecule has 28 heavy (non-hydrogen) atoms. The van der Waals surface area contributed by atoms with E-state index in [2.05, 4.69) is 5.32 Å². The number of likely N-dealkylation sites (tertiary alicyclic amines) is 1. The van der Waals surface area contributed by atoms with Gasteiger partial charge in [-0.05, 0) is 47.0 Å². The number of nitrogens with zero attached hydrogens (tertiary/aromatic N) is 1. The summed E-state index contributed by atoms with van der Waals surface area (Å²) in [6, 6.07) is -1.18. The third-order valence-corrected chi connectivity index (χ3v) is 8.50. The highest BCUT2D eigenvalue weighted by Crippen LogP contribution is 2.71. The highest BCUT2D eigenvalue weighted by molar-refractivity contribution is 8.02. The molecule has 0 aromatic heterocycles. The van der Waals surface area contributed by atoms with E-state index in [-0.39, 0.29) is 37.0 Å². The predicted octanol–water partition coefficient (Wildman–Crippen LogP) is 1.33. The topological polar surface area (TPSA) is 95.9 Å². The zero-order valence-electron chi connectivity index (χ0n) is 17.4. The van der Waals surface area contributed by atoms with E-state index in [0.717, 1.165) is 6.42 Å². The number of aliphatic hydroxyl groups excluding tert-OH is 1. The number of rotatable bonds is 7. The van der Waals surface area contributed by atoms with E-state index in [1.807, 2.05) is 27.7 Å². The van der Waals surface area contributed by atoms with Crippen LogP contribution in [0.2, 0.25) is 0 Å². The Hall–Kier alpha value is -1.28. The molecule has 3 heterocycles. The predicted molar refractivity (Wildman–Crippen MR) is 107 cm³/mol. The minimum Gasteiger partial charge on any atom is -0.466 e. The van der Waals surface area contributed by atoms with Gasteiger partial charge in [0.1, 0.15) is 6.04 Å². The zero-order valence-corrected chi connectivity index (χ0v) is 18.2. The van der Waals surface area contributed by atoms with Gasteiger partial charge in [-0.2, -0.15) is 0 Å². The van der Waals surface area contributed by atoms with Crippen molar-refractivity contribution in [3.8, 4) is 0 Å². The lowest BCUT2D eigenvalue weighted by Gasteiger charge is -2.37. The molecule has 0 saturated carbocycles. The van der Waals surface area contributed by atoms with Crippen LogP contribution in [0.4, 0.5) is 0 Å². The lowest BCUT2D eigenvalue weighted by atomic mass is 9.66. The maximum atomic E-state index is 13.6. The van der Waals surface area contributed by atoms with Crippen molar-refractivity contribution < 1.29 is 24.2 Å². The first kappa shape index (κ1) is 21.4. The summed E-state index contributed by atoms with van der Waals surface area (Å²) in [5, 5.41) is 12.9. The number of hydrogen-bond acceptors (Lipinski definition) is 6. The Morgan fingerprint density at radius 2 is 2.04 bits per heavy atom. The second-order valence-corrected chi connectivity index (χ2v) is 10.5. The Morgan fingerprint density at radius 3 is 2.57 bits per heavy atom. The van der Waals surface area contributed by atoms with Crippen LogP contribution in [0.15, 0.2) is 0 Å². The van der Waals surface area contributed by atoms with Gasteiger partial charge in [0.2, 0.25) is 11.8 Å². The third kappa shape index (κ3) is 2.95. The minimum atomic E-state index is -0.684. The van der Waals surface area contributed by atoms with Crippen LogP contribution in [0, 0.1) is 11.8 Å². The van der Waals surface area contributed by atoms with Gasteiger partial charge in [-0.25, -0.2) is 0 Å². The number of carbonyl (C=O) groups excluding carboxylic acids is 3. The summed E-state index contributed by atoms with van der Waals surface area (Å²) in [6.45, 7) is 9.51. The summed E-state index contributed by atoms with van der Waals surface area (Å²) in [6.07, 6.45) is 2.01. The number of nitrogens with one attached hydrogen (secondary N) is 1. The average molecular weight is 413 g/mol. The van der Waals surface area contributed by atoms with Crippen molar-refractivity contribution >= 4 is 29.5 Å². The fourth-order valence-electron chi connectivity index (χ4n) is 5.42. The van der Waals surface area contributed by atoms with Crippen molar-refractivity contribution in [1.82, 2.24) is 10.2 Å². The molecule has 3 fully saturated rings. The van der Waals surface area contributed by atoms with Crippen LogP contribution in [0.25, 0.3) is 0 Å². The summed E-state index contributed by atoms with van der Waals surface area (Å²) in [5.41, 5.74) is 0. The second kappa shape index (κ2) is 7.52. The summed E-state index contributed by atoms with van der Waals surface area (Å²) in [5.74, 6) is -1.88. The third-order valence-electron chi connectivity index (χ3n) is 6.51. The van der Waals surface area contributed by atoms with Gasteiger partial charge in [0.15, 0.2) is 0 Å².